The number of nitrogens with one attached hydrogen (secondary N) is 1. The smallest absolute Gasteiger partial charge is 0.251 e. The highest BCUT2D eigenvalue weighted by molar-refractivity contribution is 5.83. The van der Waals surface area contributed by atoms with E-state index in [1.54, 1.807) is 6.07 Å². The fourth-order valence-electron chi connectivity index (χ4n) is 5.47. The molecule has 0 atom stereocenters. The van der Waals surface area contributed by atoms with E-state index in [1.165, 1.54) is 5.56 Å². The standard InChI is InChI=1S/C29H33N3O3/c1-20-3-5-24-21(2)16-28(33)32(25(24)15-20)12-11-29(19-30)9-7-23(8-10-29)31-18-22-4-6-26-27(17-22)35-14-13-34-26/h3-6,15-17,23,31H,7-14,18H2,1-2H3. The molecular weight excluding hydrogens is 438 g/mol. The second kappa shape index (κ2) is 9.75. The molecule has 1 aliphatic heterocycles. The Balaban J connectivity index is 1.21. The zero-order valence-corrected chi connectivity index (χ0v) is 20.6. The zero-order valence-electron chi connectivity index (χ0n) is 20.6. The number of ether oxygens (including phenoxy) is 2. The van der Waals surface area contributed by atoms with Crippen molar-refractivity contribution in [2.24, 2.45) is 5.41 Å². The molecule has 2 heterocycles. The average Bonchev–Trinajstić information content (AvgIpc) is 2.87. The van der Waals surface area contributed by atoms with Gasteiger partial charge in [0.1, 0.15) is 13.2 Å². The topological polar surface area (TPSA) is 76.3 Å². The van der Waals surface area contributed by atoms with Gasteiger partial charge in [0.2, 0.25) is 0 Å². The van der Waals surface area contributed by atoms with Crippen molar-refractivity contribution in [1.82, 2.24) is 9.88 Å². The monoisotopic (exact) mass is 471 g/mol. The summed E-state index contributed by atoms with van der Waals surface area (Å²) in [7, 11) is 0. The predicted octanol–water partition coefficient (Wildman–Crippen LogP) is 5.02. The Morgan fingerprint density at radius 1 is 1.06 bits per heavy atom. The summed E-state index contributed by atoms with van der Waals surface area (Å²) in [6, 6.07) is 17.1. The van der Waals surface area contributed by atoms with E-state index in [2.05, 4.69) is 41.7 Å². The van der Waals surface area contributed by atoms with Crippen molar-refractivity contribution < 1.29 is 9.47 Å². The zero-order chi connectivity index (χ0) is 24.4. The van der Waals surface area contributed by atoms with Gasteiger partial charge < -0.3 is 19.4 Å². The molecule has 0 saturated heterocycles. The lowest BCUT2D eigenvalue weighted by molar-refractivity contribution is 0.171. The second-order valence-electron chi connectivity index (χ2n) is 10.1. The van der Waals surface area contributed by atoms with Crippen LogP contribution in [0.3, 0.4) is 0 Å². The highest BCUT2D eigenvalue weighted by Crippen LogP contribution is 2.39. The Bertz CT molecular complexity index is 1330. The van der Waals surface area contributed by atoms with Crippen LogP contribution in [0.2, 0.25) is 0 Å². The number of fused-ring (bicyclic) bond motifs is 2. The molecule has 2 aliphatic rings. The quantitative estimate of drug-likeness (QED) is 0.546. The highest BCUT2D eigenvalue weighted by atomic mass is 16.6. The van der Waals surface area contributed by atoms with Gasteiger partial charge in [-0.15, -0.1) is 0 Å². The molecule has 182 valence electrons. The van der Waals surface area contributed by atoms with Crippen LogP contribution < -0.4 is 20.3 Å². The Kier molecular flexibility index (Phi) is 6.53. The van der Waals surface area contributed by atoms with Crippen LogP contribution in [0.15, 0.2) is 47.3 Å². The van der Waals surface area contributed by atoms with E-state index in [0.29, 0.717) is 32.2 Å². The van der Waals surface area contributed by atoms with Gasteiger partial charge in [-0.05, 0) is 80.8 Å². The molecule has 0 radical (unpaired) electrons. The number of aryl methyl sites for hydroxylation is 3. The summed E-state index contributed by atoms with van der Waals surface area (Å²) in [5, 5.41) is 14.9. The average molecular weight is 472 g/mol. The van der Waals surface area contributed by atoms with Gasteiger partial charge >= 0.3 is 0 Å². The Morgan fingerprint density at radius 3 is 2.60 bits per heavy atom. The van der Waals surface area contributed by atoms with Crippen LogP contribution in [0, 0.1) is 30.6 Å². The minimum Gasteiger partial charge on any atom is -0.486 e. The summed E-state index contributed by atoms with van der Waals surface area (Å²) >= 11 is 0. The summed E-state index contributed by atoms with van der Waals surface area (Å²) in [6.45, 7) is 6.56. The predicted molar refractivity (Wildman–Crippen MR) is 137 cm³/mol. The van der Waals surface area contributed by atoms with Crippen LogP contribution in [-0.4, -0.2) is 23.8 Å². The van der Waals surface area contributed by atoms with E-state index in [4.69, 9.17) is 9.47 Å². The maximum Gasteiger partial charge on any atom is 0.251 e. The van der Waals surface area contributed by atoms with Gasteiger partial charge in [-0.2, -0.15) is 5.26 Å². The summed E-state index contributed by atoms with van der Waals surface area (Å²) in [6.07, 6.45) is 4.31. The summed E-state index contributed by atoms with van der Waals surface area (Å²) in [5.41, 5.74) is 3.92. The molecule has 6 nitrogen and oxygen atoms in total. The Labute approximate surface area is 206 Å². The Hall–Kier alpha value is -3.30. The molecule has 1 aliphatic carbocycles. The highest BCUT2D eigenvalue weighted by Gasteiger charge is 2.35. The number of hydrogen-bond donors (Lipinski definition) is 1. The minimum absolute atomic E-state index is 0.0171. The normalized spacial score (nSPS) is 21.6. The largest absolute Gasteiger partial charge is 0.486 e. The summed E-state index contributed by atoms with van der Waals surface area (Å²) in [5.74, 6) is 1.63. The van der Waals surface area contributed by atoms with Crippen LogP contribution in [0.4, 0.5) is 0 Å². The molecule has 0 bridgehead atoms. The van der Waals surface area contributed by atoms with Crippen molar-refractivity contribution in [2.75, 3.05) is 13.2 Å². The molecule has 1 aromatic heterocycles. The third-order valence-corrected chi connectivity index (χ3v) is 7.67. The lowest BCUT2D eigenvalue weighted by Gasteiger charge is -2.35. The molecule has 0 amide bonds. The molecular formula is C29H33N3O3. The van der Waals surface area contributed by atoms with Crippen LogP contribution in [0.1, 0.15) is 48.8 Å². The van der Waals surface area contributed by atoms with Gasteiger partial charge in [0.05, 0.1) is 17.0 Å². The van der Waals surface area contributed by atoms with Gasteiger partial charge in [0.15, 0.2) is 11.5 Å². The van der Waals surface area contributed by atoms with Crippen molar-refractivity contribution in [1.29, 1.82) is 5.26 Å². The number of aromatic nitrogens is 1. The molecule has 35 heavy (non-hydrogen) atoms. The van der Waals surface area contributed by atoms with Crippen LogP contribution in [0.25, 0.3) is 10.9 Å². The third-order valence-electron chi connectivity index (χ3n) is 7.67. The van der Waals surface area contributed by atoms with Gasteiger partial charge in [-0.3, -0.25) is 4.79 Å². The van der Waals surface area contributed by atoms with Crippen molar-refractivity contribution in [3.05, 3.63) is 69.5 Å². The SMILES string of the molecule is Cc1ccc2c(C)cc(=O)n(CCC3(C#N)CCC(NCc4ccc5c(c4)OCCO5)CC3)c2c1. The number of benzene rings is 2. The molecule has 3 aromatic rings. The molecule has 6 heteroatoms. The maximum absolute atomic E-state index is 12.8. The van der Waals surface area contributed by atoms with Gasteiger partial charge in [-0.1, -0.05) is 18.2 Å². The first-order valence-corrected chi connectivity index (χ1v) is 12.6. The molecule has 5 rings (SSSR count). The molecule has 2 aromatic carbocycles. The Morgan fingerprint density at radius 2 is 1.83 bits per heavy atom. The second-order valence-corrected chi connectivity index (χ2v) is 10.1. The van der Waals surface area contributed by atoms with E-state index in [-0.39, 0.29) is 11.0 Å². The fraction of sp³-hybridized carbons (Fsp3) is 0.448. The van der Waals surface area contributed by atoms with E-state index in [1.807, 2.05) is 24.5 Å². The van der Waals surface area contributed by atoms with E-state index in [0.717, 1.165) is 65.8 Å². The van der Waals surface area contributed by atoms with Crippen LogP contribution in [0.5, 0.6) is 11.5 Å². The third kappa shape index (κ3) is 4.92. The lowest BCUT2D eigenvalue weighted by Crippen LogP contribution is -2.37. The molecule has 0 unspecified atom stereocenters. The number of rotatable bonds is 6. The number of pyridine rings is 1. The number of nitriles is 1. The van der Waals surface area contributed by atoms with E-state index < -0.39 is 0 Å². The fourth-order valence-corrected chi connectivity index (χ4v) is 5.47. The maximum atomic E-state index is 12.8. The number of hydrogen-bond acceptors (Lipinski definition) is 5. The minimum atomic E-state index is -0.379. The van der Waals surface area contributed by atoms with Crippen molar-refractivity contribution in [3.8, 4) is 17.6 Å². The molecule has 1 saturated carbocycles. The van der Waals surface area contributed by atoms with E-state index in [9.17, 15) is 10.1 Å². The molecule has 1 fully saturated rings. The lowest BCUT2D eigenvalue weighted by atomic mass is 9.71. The first kappa shape index (κ1) is 23.4. The van der Waals surface area contributed by atoms with Gasteiger partial charge in [-0.25, -0.2) is 0 Å². The van der Waals surface area contributed by atoms with Crippen LogP contribution in [-0.2, 0) is 13.1 Å². The first-order valence-electron chi connectivity index (χ1n) is 12.6. The van der Waals surface area contributed by atoms with Crippen molar-refractivity contribution in [2.45, 2.75) is 65.1 Å². The summed E-state index contributed by atoms with van der Waals surface area (Å²) < 4.78 is 13.2. The van der Waals surface area contributed by atoms with Gasteiger partial charge in [0, 0.05) is 30.6 Å². The number of nitrogens with zero attached hydrogens (tertiary/aromatic N) is 2. The van der Waals surface area contributed by atoms with Crippen LogP contribution >= 0.6 is 0 Å². The van der Waals surface area contributed by atoms with E-state index >= 15 is 0 Å². The molecule has 1 N–H and O–H groups in total. The first-order chi connectivity index (χ1) is 17.0. The van der Waals surface area contributed by atoms with Crippen molar-refractivity contribution >= 4 is 10.9 Å². The van der Waals surface area contributed by atoms with Gasteiger partial charge in [0.25, 0.3) is 5.56 Å². The van der Waals surface area contributed by atoms with Crippen molar-refractivity contribution in [3.63, 3.8) is 0 Å². The molecule has 0 spiro atoms. The summed E-state index contributed by atoms with van der Waals surface area (Å²) in [4.78, 5) is 12.8.